The predicted octanol–water partition coefficient (Wildman–Crippen LogP) is 4.42. The Morgan fingerprint density at radius 1 is 1.09 bits per heavy atom. The van der Waals surface area contributed by atoms with E-state index >= 15 is 0 Å². The zero-order valence-corrected chi connectivity index (χ0v) is 13.8. The number of benzene rings is 1. The highest BCUT2D eigenvalue weighted by Gasteiger charge is 2.22. The Morgan fingerprint density at radius 2 is 1.77 bits per heavy atom. The molecule has 0 spiro atoms. The van der Waals surface area contributed by atoms with Crippen molar-refractivity contribution in [3.8, 4) is 0 Å². The lowest BCUT2D eigenvalue weighted by molar-refractivity contribution is -0.140. The highest BCUT2D eigenvalue weighted by Crippen LogP contribution is 2.14. The standard InChI is InChI=1S/C19H26O3/c1-4-5-6-10-13-22-19(21)17(18(20)15(2)3)14-16-11-8-7-9-12-16/h7-9,11-12,14-15H,4-6,10,13H2,1-3H3. The number of hydrogen-bond acceptors (Lipinski definition) is 3. The number of ketones is 1. The number of carbonyl (C=O) groups excluding carboxylic acids is 2. The zero-order chi connectivity index (χ0) is 16.4. The zero-order valence-electron chi connectivity index (χ0n) is 13.8. The third-order valence-electron chi connectivity index (χ3n) is 3.35. The average Bonchev–Trinajstić information content (AvgIpc) is 2.52. The van der Waals surface area contributed by atoms with Gasteiger partial charge in [0.05, 0.1) is 6.61 Å². The number of rotatable bonds is 9. The number of unbranched alkanes of at least 4 members (excludes halogenated alkanes) is 3. The molecule has 0 aliphatic heterocycles. The molecule has 22 heavy (non-hydrogen) atoms. The van der Waals surface area contributed by atoms with Crippen molar-refractivity contribution >= 4 is 17.8 Å². The van der Waals surface area contributed by atoms with Crippen molar-refractivity contribution in [2.75, 3.05) is 6.61 Å². The molecule has 0 unspecified atom stereocenters. The van der Waals surface area contributed by atoms with Crippen LogP contribution in [0.4, 0.5) is 0 Å². The van der Waals surface area contributed by atoms with Crippen LogP contribution in [0, 0.1) is 5.92 Å². The lowest BCUT2D eigenvalue weighted by Crippen LogP contribution is -2.20. The Labute approximate surface area is 133 Å². The summed E-state index contributed by atoms with van der Waals surface area (Å²) < 4.78 is 5.27. The molecular weight excluding hydrogens is 276 g/mol. The number of esters is 1. The molecule has 1 aromatic rings. The van der Waals surface area contributed by atoms with Crippen molar-refractivity contribution in [2.45, 2.75) is 46.5 Å². The first-order chi connectivity index (χ1) is 10.6. The molecule has 120 valence electrons. The third kappa shape index (κ3) is 6.25. The van der Waals surface area contributed by atoms with Crippen LogP contribution in [-0.4, -0.2) is 18.4 Å². The summed E-state index contributed by atoms with van der Waals surface area (Å²) in [4.78, 5) is 24.5. The van der Waals surface area contributed by atoms with Gasteiger partial charge in [0.1, 0.15) is 5.57 Å². The molecule has 1 aromatic carbocycles. The Kier molecular flexibility index (Phi) is 8.19. The average molecular weight is 302 g/mol. The van der Waals surface area contributed by atoms with Crippen molar-refractivity contribution in [2.24, 2.45) is 5.92 Å². The largest absolute Gasteiger partial charge is 0.462 e. The van der Waals surface area contributed by atoms with E-state index < -0.39 is 5.97 Å². The SMILES string of the molecule is CCCCCCOC(=O)C(=Cc1ccccc1)C(=O)C(C)C. The minimum absolute atomic E-state index is 0.136. The van der Waals surface area contributed by atoms with Crippen LogP contribution in [-0.2, 0) is 14.3 Å². The van der Waals surface area contributed by atoms with Crippen molar-refractivity contribution in [3.05, 3.63) is 41.5 Å². The van der Waals surface area contributed by atoms with Crippen LogP contribution in [0.5, 0.6) is 0 Å². The molecule has 0 bridgehead atoms. The highest BCUT2D eigenvalue weighted by atomic mass is 16.5. The van der Waals surface area contributed by atoms with Crippen LogP contribution in [0.3, 0.4) is 0 Å². The van der Waals surface area contributed by atoms with Gasteiger partial charge >= 0.3 is 5.97 Å². The van der Waals surface area contributed by atoms with E-state index in [-0.39, 0.29) is 17.3 Å². The minimum atomic E-state index is -0.515. The predicted molar refractivity (Wildman–Crippen MR) is 89.4 cm³/mol. The molecule has 0 saturated carbocycles. The molecule has 0 aromatic heterocycles. The second kappa shape index (κ2) is 9.93. The van der Waals surface area contributed by atoms with Crippen molar-refractivity contribution < 1.29 is 14.3 Å². The van der Waals surface area contributed by atoms with E-state index in [0.29, 0.717) is 6.61 Å². The fraction of sp³-hybridized carbons (Fsp3) is 0.474. The number of Topliss-reactive ketones (excluding diaryl/α,β-unsaturated/α-hetero) is 1. The fourth-order valence-corrected chi connectivity index (χ4v) is 2.03. The van der Waals surface area contributed by atoms with Crippen LogP contribution >= 0.6 is 0 Å². The van der Waals surface area contributed by atoms with E-state index in [0.717, 1.165) is 31.2 Å². The smallest absolute Gasteiger partial charge is 0.341 e. The first kappa shape index (κ1) is 18.1. The molecule has 3 heteroatoms. The molecule has 0 amide bonds. The normalized spacial score (nSPS) is 11.5. The second-order valence-corrected chi connectivity index (χ2v) is 5.68. The topological polar surface area (TPSA) is 43.4 Å². The second-order valence-electron chi connectivity index (χ2n) is 5.68. The molecule has 3 nitrogen and oxygen atoms in total. The van der Waals surface area contributed by atoms with E-state index in [1.807, 2.05) is 30.3 Å². The molecule has 0 heterocycles. The molecule has 0 aliphatic rings. The fourth-order valence-electron chi connectivity index (χ4n) is 2.03. The maximum atomic E-state index is 12.3. The Morgan fingerprint density at radius 3 is 2.36 bits per heavy atom. The maximum Gasteiger partial charge on any atom is 0.341 e. The van der Waals surface area contributed by atoms with Gasteiger partial charge in [-0.1, -0.05) is 70.4 Å². The first-order valence-electron chi connectivity index (χ1n) is 8.04. The van der Waals surface area contributed by atoms with Crippen LogP contribution in [0.1, 0.15) is 52.0 Å². The van der Waals surface area contributed by atoms with Gasteiger partial charge in [-0.15, -0.1) is 0 Å². The molecule has 0 N–H and O–H groups in total. The van der Waals surface area contributed by atoms with Crippen LogP contribution in [0.2, 0.25) is 0 Å². The summed E-state index contributed by atoms with van der Waals surface area (Å²) in [5.41, 5.74) is 0.964. The van der Waals surface area contributed by atoms with E-state index in [1.165, 1.54) is 0 Å². The van der Waals surface area contributed by atoms with Crippen molar-refractivity contribution in [3.63, 3.8) is 0 Å². The Hall–Kier alpha value is -1.90. The third-order valence-corrected chi connectivity index (χ3v) is 3.35. The monoisotopic (exact) mass is 302 g/mol. The lowest BCUT2D eigenvalue weighted by atomic mass is 9.99. The lowest BCUT2D eigenvalue weighted by Gasteiger charge is -2.10. The van der Waals surface area contributed by atoms with Gasteiger partial charge in [0.15, 0.2) is 5.78 Å². The van der Waals surface area contributed by atoms with E-state index in [9.17, 15) is 9.59 Å². The summed E-state index contributed by atoms with van der Waals surface area (Å²) in [6, 6.07) is 9.37. The highest BCUT2D eigenvalue weighted by molar-refractivity contribution is 6.21. The van der Waals surface area contributed by atoms with E-state index in [4.69, 9.17) is 4.74 Å². The van der Waals surface area contributed by atoms with Crippen molar-refractivity contribution in [1.29, 1.82) is 0 Å². The van der Waals surface area contributed by atoms with Gasteiger partial charge in [0, 0.05) is 5.92 Å². The van der Waals surface area contributed by atoms with E-state index in [1.54, 1.807) is 19.9 Å². The summed E-state index contributed by atoms with van der Waals surface area (Å²) in [5, 5.41) is 0. The number of ether oxygens (including phenoxy) is 1. The summed E-state index contributed by atoms with van der Waals surface area (Å²) >= 11 is 0. The molecule has 0 aliphatic carbocycles. The Bertz CT molecular complexity index is 501. The summed E-state index contributed by atoms with van der Waals surface area (Å²) in [6.07, 6.45) is 5.78. The van der Waals surface area contributed by atoms with Crippen LogP contribution < -0.4 is 0 Å². The maximum absolute atomic E-state index is 12.3. The molecule has 0 fully saturated rings. The molecular formula is C19H26O3. The van der Waals surface area contributed by atoms with Gasteiger partial charge < -0.3 is 4.74 Å². The van der Waals surface area contributed by atoms with Gasteiger partial charge in [-0.2, -0.15) is 0 Å². The van der Waals surface area contributed by atoms with Crippen LogP contribution in [0.15, 0.2) is 35.9 Å². The molecule has 0 atom stereocenters. The Balaban J connectivity index is 2.76. The van der Waals surface area contributed by atoms with Crippen molar-refractivity contribution in [1.82, 2.24) is 0 Å². The summed E-state index contributed by atoms with van der Waals surface area (Å²) in [6.45, 7) is 6.08. The quantitative estimate of drug-likeness (QED) is 0.223. The molecule has 0 radical (unpaired) electrons. The minimum Gasteiger partial charge on any atom is -0.462 e. The summed E-state index contributed by atoms with van der Waals surface area (Å²) in [7, 11) is 0. The number of carbonyl (C=O) groups is 2. The van der Waals surface area contributed by atoms with Crippen LogP contribution in [0.25, 0.3) is 6.08 Å². The molecule has 1 rings (SSSR count). The van der Waals surface area contributed by atoms with Gasteiger partial charge in [-0.05, 0) is 18.1 Å². The van der Waals surface area contributed by atoms with Gasteiger partial charge in [0.2, 0.25) is 0 Å². The van der Waals surface area contributed by atoms with E-state index in [2.05, 4.69) is 6.92 Å². The molecule has 0 saturated heterocycles. The first-order valence-corrected chi connectivity index (χ1v) is 8.04. The summed E-state index contributed by atoms with van der Waals surface area (Å²) in [5.74, 6) is -0.927. The van der Waals surface area contributed by atoms with Gasteiger partial charge in [-0.25, -0.2) is 4.79 Å². The van der Waals surface area contributed by atoms with Gasteiger partial charge in [-0.3, -0.25) is 4.79 Å². The number of hydrogen-bond donors (Lipinski definition) is 0. The van der Waals surface area contributed by atoms with Gasteiger partial charge in [0.25, 0.3) is 0 Å².